The SMILES string of the molecule is O=C(Cl)/C=C/c1cc(Cl)c(Cl)c([N+](=O)[O-])c1. The van der Waals surface area contributed by atoms with Gasteiger partial charge in [-0.25, -0.2) is 0 Å². The number of benzene rings is 1. The molecule has 0 fully saturated rings. The lowest BCUT2D eigenvalue weighted by molar-refractivity contribution is -0.384. The van der Waals surface area contributed by atoms with Gasteiger partial charge in [0.05, 0.1) is 9.95 Å². The Morgan fingerprint density at radius 2 is 2.00 bits per heavy atom. The second kappa shape index (κ2) is 5.30. The number of carbonyl (C=O) groups excluding carboxylic acids is 1. The molecule has 0 aliphatic heterocycles. The lowest BCUT2D eigenvalue weighted by Gasteiger charge is -2.00. The Hall–Kier alpha value is -1.10. The molecule has 0 saturated heterocycles. The summed E-state index contributed by atoms with van der Waals surface area (Å²) in [6.07, 6.45) is 2.37. The van der Waals surface area contributed by atoms with Crippen LogP contribution in [0.1, 0.15) is 5.56 Å². The zero-order valence-corrected chi connectivity index (χ0v) is 9.88. The molecule has 7 heteroatoms. The highest BCUT2D eigenvalue weighted by Crippen LogP contribution is 2.33. The smallest absolute Gasteiger partial charge is 0.276 e. The number of nitrogens with zero attached hydrogens (tertiary/aromatic N) is 1. The number of hydrogen-bond acceptors (Lipinski definition) is 3. The molecule has 1 aromatic carbocycles. The van der Waals surface area contributed by atoms with Gasteiger partial charge in [0.25, 0.3) is 5.69 Å². The maximum Gasteiger partial charge on any atom is 0.290 e. The van der Waals surface area contributed by atoms with Gasteiger partial charge in [-0.15, -0.1) is 0 Å². The topological polar surface area (TPSA) is 60.2 Å². The summed E-state index contributed by atoms with van der Waals surface area (Å²) in [6.45, 7) is 0. The molecule has 0 heterocycles. The zero-order valence-electron chi connectivity index (χ0n) is 7.62. The van der Waals surface area contributed by atoms with Crippen LogP contribution in [-0.4, -0.2) is 10.2 Å². The van der Waals surface area contributed by atoms with E-state index in [0.29, 0.717) is 5.56 Å². The molecule has 0 aromatic heterocycles. The summed E-state index contributed by atoms with van der Waals surface area (Å²) in [7, 11) is 0. The molecule has 0 aliphatic rings. The first kappa shape index (κ1) is 13.0. The van der Waals surface area contributed by atoms with Gasteiger partial charge in [0, 0.05) is 6.07 Å². The van der Waals surface area contributed by atoms with E-state index in [4.69, 9.17) is 34.8 Å². The molecule has 0 spiro atoms. The summed E-state index contributed by atoms with van der Waals surface area (Å²) in [4.78, 5) is 20.4. The van der Waals surface area contributed by atoms with E-state index in [0.717, 1.165) is 6.08 Å². The average Bonchev–Trinajstić information content (AvgIpc) is 2.19. The minimum atomic E-state index is -0.686. The highest BCUT2D eigenvalue weighted by molar-refractivity contribution is 6.66. The molecule has 1 aromatic rings. The summed E-state index contributed by atoms with van der Waals surface area (Å²) < 4.78 is 0. The van der Waals surface area contributed by atoms with E-state index in [9.17, 15) is 14.9 Å². The molecule has 1 rings (SSSR count). The molecule has 0 aliphatic carbocycles. The summed E-state index contributed by atoms with van der Waals surface area (Å²) in [5.74, 6) is 0. The van der Waals surface area contributed by atoms with Gasteiger partial charge in [-0.3, -0.25) is 14.9 Å². The van der Waals surface area contributed by atoms with Gasteiger partial charge in [-0.2, -0.15) is 0 Å². The average molecular weight is 280 g/mol. The number of allylic oxidation sites excluding steroid dienone is 1. The van der Waals surface area contributed by atoms with Crippen LogP contribution in [0.15, 0.2) is 18.2 Å². The Kier molecular flexibility index (Phi) is 4.29. The van der Waals surface area contributed by atoms with E-state index in [1.807, 2.05) is 0 Å². The van der Waals surface area contributed by atoms with Gasteiger partial charge >= 0.3 is 0 Å². The largest absolute Gasteiger partial charge is 0.290 e. The third kappa shape index (κ3) is 3.20. The van der Waals surface area contributed by atoms with Crippen molar-refractivity contribution in [1.82, 2.24) is 0 Å². The van der Waals surface area contributed by atoms with Crippen molar-refractivity contribution in [3.63, 3.8) is 0 Å². The van der Waals surface area contributed by atoms with Gasteiger partial charge in [-0.1, -0.05) is 23.2 Å². The number of nitro groups is 1. The summed E-state index contributed by atoms with van der Waals surface area (Å²) in [6, 6.07) is 2.60. The molecule has 0 saturated carbocycles. The van der Waals surface area contributed by atoms with Crippen LogP contribution in [0.5, 0.6) is 0 Å². The summed E-state index contributed by atoms with van der Waals surface area (Å²) in [5.41, 5.74) is 0.0472. The second-order valence-electron chi connectivity index (χ2n) is 2.73. The number of carbonyl (C=O) groups is 1. The van der Waals surface area contributed by atoms with Gasteiger partial charge in [0.15, 0.2) is 0 Å². The lowest BCUT2D eigenvalue weighted by Crippen LogP contribution is -1.90. The Morgan fingerprint density at radius 1 is 1.38 bits per heavy atom. The molecule has 16 heavy (non-hydrogen) atoms. The highest BCUT2D eigenvalue weighted by Gasteiger charge is 2.16. The highest BCUT2D eigenvalue weighted by atomic mass is 35.5. The Balaban J connectivity index is 3.24. The Bertz CT molecular complexity index is 485. The molecule has 0 bridgehead atoms. The van der Waals surface area contributed by atoms with Crippen molar-refractivity contribution in [1.29, 1.82) is 0 Å². The fourth-order valence-electron chi connectivity index (χ4n) is 0.986. The van der Waals surface area contributed by atoms with Crippen LogP contribution in [0.3, 0.4) is 0 Å². The standard InChI is InChI=1S/C9H4Cl3NO3/c10-6-3-5(1-2-8(11)14)4-7(9(6)12)13(15)16/h1-4H/b2-1+. The van der Waals surface area contributed by atoms with Crippen LogP contribution in [0.4, 0.5) is 5.69 Å². The van der Waals surface area contributed by atoms with E-state index in [-0.39, 0.29) is 15.7 Å². The van der Waals surface area contributed by atoms with Crippen molar-refractivity contribution in [3.05, 3.63) is 43.9 Å². The number of nitro benzene ring substituents is 1. The van der Waals surface area contributed by atoms with Crippen molar-refractivity contribution >= 4 is 51.8 Å². The molecular weight excluding hydrogens is 276 g/mol. The molecule has 0 N–H and O–H groups in total. The van der Waals surface area contributed by atoms with Crippen molar-refractivity contribution < 1.29 is 9.72 Å². The number of rotatable bonds is 3. The minimum absolute atomic E-state index is 0.0394. The van der Waals surface area contributed by atoms with E-state index in [1.165, 1.54) is 18.2 Å². The van der Waals surface area contributed by atoms with Crippen LogP contribution >= 0.6 is 34.8 Å². The number of hydrogen-bond donors (Lipinski definition) is 0. The van der Waals surface area contributed by atoms with Gasteiger partial charge in [-0.05, 0) is 35.4 Å². The maximum absolute atomic E-state index is 10.6. The van der Waals surface area contributed by atoms with Crippen LogP contribution in [0, 0.1) is 10.1 Å². The van der Waals surface area contributed by atoms with E-state index < -0.39 is 10.2 Å². The van der Waals surface area contributed by atoms with E-state index >= 15 is 0 Å². The normalized spacial score (nSPS) is 10.7. The predicted octanol–water partition coefficient (Wildman–Crippen LogP) is 3.68. The van der Waals surface area contributed by atoms with Crippen LogP contribution in [0.2, 0.25) is 10.0 Å². The van der Waals surface area contributed by atoms with Crippen LogP contribution < -0.4 is 0 Å². The molecule has 0 amide bonds. The van der Waals surface area contributed by atoms with Crippen molar-refractivity contribution in [2.45, 2.75) is 0 Å². The first-order chi connectivity index (χ1) is 7.41. The minimum Gasteiger partial charge on any atom is -0.276 e. The van der Waals surface area contributed by atoms with Gasteiger partial charge in [0.1, 0.15) is 5.02 Å². The second-order valence-corrected chi connectivity index (χ2v) is 3.89. The third-order valence-corrected chi connectivity index (χ3v) is 2.55. The first-order valence-electron chi connectivity index (χ1n) is 3.93. The third-order valence-electron chi connectivity index (χ3n) is 1.63. The lowest BCUT2D eigenvalue weighted by atomic mass is 10.2. The molecule has 4 nitrogen and oxygen atoms in total. The number of halogens is 3. The quantitative estimate of drug-likeness (QED) is 0.367. The van der Waals surface area contributed by atoms with Gasteiger partial charge < -0.3 is 0 Å². The summed E-state index contributed by atoms with van der Waals surface area (Å²) in [5, 5.41) is 9.82. The Labute approximate surface area is 106 Å². The zero-order chi connectivity index (χ0) is 12.3. The molecule has 84 valence electrons. The van der Waals surface area contributed by atoms with Crippen LogP contribution in [0.25, 0.3) is 6.08 Å². The molecule has 0 unspecified atom stereocenters. The fraction of sp³-hybridized carbons (Fsp3) is 0. The monoisotopic (exact) mass is 279 g/mol. The molecule has 0 atom stereocenters. The van der Waals surface area contributed by atoms with E-state index in [2.05, 4.69) is 0 Å². The van der Waals surface area contributed by atoms with Crippen LogP contribution in [-0.2, 0) is 4.79 Å². The molecule has 0 radical (unpaired) electrons. The van der Waals surface area contributed by atoms with Crippen molar-refractivity contribution in [2.24, 2.45) is 0 Å². The van der Waals surface area contributed by atoms with Crippen molar-refractivity contribution in [3.8, 4) is 0 Å². The van der Waals surface area contributed by atoms with Gasteiger partial charge in [0.2, 0.25) is 5.24 Å². The van der Waals surface area contributed by atoms with Crippen molar-refractivity contribution in [2.75, 3.05) is 0 Å². The first-order valence-corrected chi connectivity index (χ1v) is 5.06. The maximum atomic E-state index is 10.6. The molecular formula is C9H4Cl3NO3. The fourth-order valence-corrected chi connectivity index (χ4v) is 1.45. The Morgan fingerprint density at radius 3 is 2.50 bits per heavy atom. The van der Waals surface area contributed by atoms with E-state index in [1.54, 1.807) is 0 Å². The predicted molar refractivity (Wildman–Crippen MR) is 63.0 cm³/mol. The summed E-state index contributed by atoms with van der Waals surface area (Å²) >= 11 is 16.4.